The molecular weight excluding hydrogens is 238 g/mol. The number of esters is 1. The Labute approximate surface area is 84.0 Å². The zero-order valence-corrected chi connectivity index (χ0v) is 8.79. The summed E-state index contributed by atoms with van der Waals surface area (Å²) in [6.07, 6.45) is 0. The quantitative estimate of drug-likeness (QED) is 0.587. The topological polar surface area (TPSA) is 48.4 Å². The van der Waals surface area contributed by atoms with Gasteiger partial charge in [0.25, 0.3) is 0 Å². The van der Waals surface area contributed by atoms with Crippen molar-refractivity contribution in [2.24, 2.45) is 0 Å². The Kier molecular flexibility index (Phi) is 3.25. The first-order valence-electron chi connectivity index (χ1n) is 3.48. The molecule has 0 radical (unpaired) electrons. The maximum Gasteiger partial charge on any atom is 0.360 e. The van der Waals surface area contributed by atoms with E-state index in [2.05, 4.69) is 25.7 Å². The van der Waals surface area contributed by atoms with Gasteiger partial charge < -0.3 is 9.47 Å². The minimum atomic E-state index is -0.516. The van der Waals surface area contributed by atoms with Gasteiger partial charge in [-0.15, -0.1) is 0 Å². The molecule has 0 N–H and O–H groups in total. The van der Waals surface area contributed by atoms with E-state index in [4.69, 9.17) is 4.74 Å². The number of hydrogen-bond donors (Lipinski definition) is 0. The van der Waals surface area contributed by atoms with E-state index in [0.717, 1.165) is 0 Å². The number of aromatic nitrogens is 1. The highest BCUT2D eigenvalue weighted by Gasteiger charge is 2.14. The first-order chi connectivity index (χ1) is 6.19. The molecule has 13 heavy (non-hydrogen) atoms. The van der Waals surface area contributed by atoms with Crippen LogP contribution in [0.1, 0.15) is 10.5 Å². The second kappa shape index (κ2) is 4.23. The molecule has 0 saturated carbocycles. The molecular formula is C8H8BrNO3. The van der Waals surface area contributed by atoms with Crippen LogP contribution in [0.3, 0.4) is 0 Å². The SMILES string of the molecule is COC(=O)c1nc(Br)ccc1OC. The molecule has 0 aliphatic rings. The first kappa shape index (κ1) is 9.98. The Morgan fingerprint density at radius 3 is 2.69 bits per heavy atom. The third-order valence-electron chi connectivity index (χ3n) is 1.42. The van der Waals surface area contributed by atoms with Crippen molar-refractivity contribution in [2.75, 3.05) is 14.2 Å². The number of hydrogen-bond acceptors (Lipinski definition) is 4. The summed E-state index contributed by atoms with van der Waals surface area (Å²) < 4.78 is 10.0. The van der Waals surface area contributed by atoms with Crippen molar-refractivity contribution in [1.82, 2.24) is 4.98 Å². The second-order valence-corrected chi connectivity index (χ2v) is 2.99. The van der Waals surface area contributed by atoms with Gasteiger partial charge in [0, 0.05) is 0 Å². The monoisotopic (exact) mass is 245 g/mol. The van der Waals surface area contributed by atoms with Gasteiger partial charge in [-0.3, -0.25) is 0 Å². The molecule has 1 aromatic heterocycles. The number of methoxy groups -OCH3 is 2. The van der Waals surface area contributed by atoms with E-state index in [-0.39, 0.29) is 5.69 Å². The molecule has 0 aromatic carbocycles. The first-order valence-corrected chi connectivity index (χ1v) is 4.27. The molecule has 1 heterocycles. The molecule has 0 saturated heterocycles. The number of carbonyl (C=O) groups is 1. The van der Waals surface area contributed by atoms with Crippen LogP contribution in [0.4, 0.5) is 0 Å². The molecule has 70 valence electrons. The van der Waals surface area contributed by atoms with E-state index in [1.807, 2.05) is 0 Å². The lowest BCUT2D eigenvalue weighted by molar-refractivity contribution is 0.0590. The van der Waals surface area contributed by atoms with Crippen LogP contribution in [0.15, 0.2) is 16.7 Å². The molecule has 0 fully saturated rings. The van der Waals surface area contributed by atoms with Crippen molar-refractivity contribution >= 4 is 21.9 Å². The summed E-state index contributed by atoms with van der Waals surface area (Å²) >= 11 is 3.15. The van der Waals surface area contributed by atoms with Gasteiger partial charge in [-0.05, 0) is 28.1 Å². The zero-order chi connectivity index (χ0) is 9.84. The lowest BCUT2D eigenvalue weighted by Gasteiger charge is -2.05. The summed E-state index contributed by atoms with van der Waals surface area (Å²) in [5.74, 6) is -0.117. The van der Waals surface area contributed by atoms with Crippen molar-refractivity contribution in [1.29, 1.82) is 0 Å². The van der Waals surface area contributed by atoms with Gasteiger partial charge in [0.1, 0.15) is 4.60 Å². The molecule has 1 aromatic rings. The van der Waals surface area contributed by atoms with E-state index in [9.17, 15) is 4.79 Å². The molecule has 0 aliphatic heterocycles. The summed E-state index contributed by atoms with van der Waals surface area (Å²) in [5.41, 5.74) is 0.166. The largest absolute Gasteiger partial charge is 0.494 e. The van der Waals surface area contributed by atoms with Crippen LogP contribution >= 0.6 is 15.9 Å². The Hall–Kier alpha value is -1.10. The van der Waals surface area contributed by atoms with Crippen molar-refractivity contribution in [3.05, 3.63) is 22.4 Å². The number of carbonyl (C=O) groups excluding carboxylic acids is 1. The highest BCUT2D eigenvalue weighted by atomic mass is 79.9. The van der Waals surface area contributed by atoms with Gasteiger partial charge in [-0.2, -0.15) is 0 Å². The highest BCUT2D eigenvalue weighted by Crippen LogP contribution is 2.19. The number of rotatable bonds is 2. The summed E-state index contributed by atoms with van der Waals surface area (Å²) in [5, 5.41) is 0. The van der Waals surface area contributed by atoms with Crippen molar-refractivity contribution in [2.45, 2.75) is 0 Å². The number of nitrogens with zero attached hydrogens (tertiary/aromatic N) is 1. The zero-order valence-electron chi connectivity index (χ0n) is 7.20. The normalized spacial score (nSPS) is 9.46. The van der Waals surface area contributed by atoms with Crippen LogP contribution in [-0.4, -0.2) is 25.2 Å². The third-order valence-corrected chi connectivity index (χ3v) is 1.86. The molecule has 0 spiro atoms. The smallest absolute Gasteiger partial charge is 0.360 e. The minimum Gasteiger partial charge on any atom is -0.494 e. The Morgan fingerprint density at radius 2 is 2.15 bits per heavy atom. The predicted molar refractivity (Wildman–Crippen MR) is 49.8 cm³/mol. The molecule has 5 heteroatoms. The maximum absolute atomic E-state index is 11.2. The summed E-state index contributed by atoms with van der Waals surface area (Å²) in [4.78, 5) is 15.1. The van der Waals surface area contributed by atoms with E-state index in [0.29, 0.717) is 10.4 Å². The molecule has 4 nitrogen and oxygen atoms in total. The lowest BCUT2D eigenvalue weighted by atomic mass is 10.3. The molecule has 0 unspecified atom stereocenters. The fourth-order valence-electron chi connectivity index (χ4n) is 0.830. The summed E-state index contributed by atoms with van der Waals surface area (Å²) in [6.45, 7) is 0. The maximum atomic E-state index is 11.2. The van der Waals surface area contributed by atoms with Gasteiger partial charge in [0.05, 0.1) is 14.2 Å². The lowest BCUT2D eigenvalue weighted by Crippen LogP contribution is -2.06. The average molecular weight is 246 g/mol. The summed E-state index contributed by atoms with van der Waals surface area (Å²) in [7, 11) is 2.77. The van der Waals surface area contributed by atoms with Crippen LogP contribution in [0.5, 0.6) is 5.75 Å². The molecule has 1 rings (SSSR count). The predicted octanol–water partition coefficient (Wildman–Crippen LogP) is 1.64. The number of ether oxygens (including phenoxy) is 2. The van der Waals surface area contributed by atoms with Crippen molar-refractivity contribution < 1.29 is 14.3 Å². The van der Waals surface area contributed by atoms with Crippen molar-refractivity contribution in [3.63, 3.8) is 0 Å². The van der Waals surface area contributed by atoms with E-state index in [1.54, 1.807) is 12.1 Å². The molecule has 0 aliphatic carbocycles. The Balaban J connectivity index is 3.15. The van der Waals surface area contributed by atoms with Gasteiger partial charge in [-0.25, -0.2) is 9.78 Å². The minimum absolute atomic E-state index is 0.166. The number of halogens is 1. The van der Waals surface area contributed by atoms with E-state index in [1.165, 1.54) is 14.2 Å². The Bertz CT molecular complexity index is 327. The Morgan fingerprint density at radius 1 is 1.46 bits per heavy atom. The van der Waals surface area contributed by atoms with Crippen LogP contribution < -0.4 is 4.74 Å². The van der Waals surface area contributed by atoms with Crippen LogP contribution in [0.2, 0.25) is 0 Å². The molecule has 0 atom stereocenters. The van der Waals surface area contributed by atoms with Gasteiger partial charge in [0.15, 0.2) is 11.4 Å². The van der Waals surface area contributed by atoms with Gasteiger partial charge in [0.2, 0.25) is 0 Å². The molecule has 0 bridgehead atoms. The standard InChI is InChI=1S/C8H8BrNO3/c1-12-5-3-4-6(9)10-7(5)8(11)13-2/h3-4H,1-2H3. The van der Waals surface area contributed by atoms with Gasteiger partial charge >= 0.3 is 5.97 Å². The van der Waals surface area contributed by atoms with Crippen LogP contribution in [-0.2, 0) is 4.74 Å². The second-order valence-electron chi connectivity index (χ2n) is 2.18. The third kappa shape index (κ3) is 2.18. The van der Waals surface area contributed by atoms with Gasteiger partial charge in [-0.1, -0.05) is 0 Å². The van der Waals surface area contributed by atoms with E-state index < -0.39 is 5.97 Å². The fraction of sp³-hybridized carbons (Fsp3) is 0.250. The fourth-order valence-corrected chi connectivity index (χ4v) is 1.14. The van der Waals surface area contributed by atoms with Crippen molar-refractivity contribution in [3.8, 4) is 5.75 Å². The highest BCUT2D eigenvalue weighted by molar-refractivity contribution is 9.10. The van der Waals surface area contributed by atoms with E-state index >= 15 is 0 Å². The van der Waals surface area contributed by atoms with Crippen LogP contribution in [0, 0.1) is 0 Å². The van der Waals surface area contributed by atoms with Crippen LogP contribution in [0.25, 0.3) is 0 Å². The summed E-state index contributed by atoms with van der Waals surface area (Å²) in [6, 6.07) is 3.33. The number of pyridine rings is 1. The average Bonchev–Trinajstić information content (AvgIpc) is 2.16. The molecule has 0 amide bonds.